The first-order valence-electron chi connectivity index (χ1n) is 8.12. The fourth-order valence-electron chi connectivity index (χ4n) is 3.14. The predicted octanol–water partition coefficient (Wildman–Crippen LogP) is 1.66. The first kappa shape index (κ1) is 14.7. The number of aryl methyl sites for hydroxylation is 3. The summed E-state index contributed by atoms with van der Waals surface area (Å²) < 4.78 is 1.82. The van der Waals surface area contributed by atoms with Crippen LogP contribution < -0.4 is 5.32 Å². The maximum absolute atomic E-state index is 12.6. The monoisotopic (exact) mass is 322 g/mol. The summed E-state index contributed by atoms with van der Waals surface area (Å²) in [6.07, 6.45) is 4.24. The first-order valence-corrected chi connectivity index (χ1v) is 8.12. The molecule has 1 amide bonds. The van der Waals surface area contributed by atoms with Crippen LogP contribution in [0.5, 0.6) is 0 Å². The Morgan fingerprint density at radius 3 is 3.12 bits per heavy atom. The summed E-state index contributed by atoms with van der Waals surface area (Å²) in [7, 11) is 0. The number of aromatic nitrogens is 5. The molecule has 0 radical (unpaired) electrons. The lowest BCUT2D eigenvalue weighted by atomic mass is 10.0. The minimum atomic E-state index is -0.0456. The summed E-state index contributed by atoms with van der Waals surface area (Å²) >= 11 is 0. The van der Waals surface area contributed by atoms with Gasteiger partial charge in [0.15, 0.2) is 5.82 Å². The van der Waals surface area contributed by atoms with Crippen LogP contribution in [0.4, 0.5) is 0 Å². The van der Waals surface area contributed by atoms with Crippen LogP contribution in [-0.4, -0.2) is 37.1 Å². The van der Waals surface area contributed by atoms with E-state index < -0.39 is 0 Å². The van der Waals surface area contributed by atoms with Crippen molar-refractivity contribution in [1.82, 2.24) is 30.5 Å². The summed E-state index contributed by atoms with van der Waals surface area (Å²) in [6, 6.07) is 7.72. The molecular formula is C17H18N6O. The second-order valence-corrected chi connectivity index (χ2v) is 6.18. The van der Waals surface area contributed by atoms with Gasteiger partial charge in [0.25, 0.3) is 5.91 Å². The Bertz CT molecular complexity index is 880. The zero-order valence-electron chi connectivity index (χ0n) is 13.4. The number of benzene rings is 1. The van der Waals surface area contributed by atoms with Crippen molar-refractivity contribution in [1.29, 1.82) is 0 Å². The minimum absolute atomic E-state index is 0.0456. The molecule has 3 heterocycles. The third-order valence-electron chi connectivity index (χ3n) is 4.57. The zero-order chi connectivity index (χ0) is 16.5. The molecule has 1 atom stereocenters. The molecule has 3 aromatic rings. The Labute approximate surface area is 139 Å². The number of rotatable bonds is 2. The van der Waals surface area contributed by atoms with Gasteiger partial charge in [-0.3, -0.25) is 9.78 Å². The number of amides is 1. The lowest BCUT2D eigenvalue weighted by molar-refractivity contribution is 0.0933. The van der Waals surface area contributed by atoms with E-state index in [1.807, 2.05) is 35.9 Å². The van der Waals surface area contributed by atoms with Crippen molar-refractivity contribution < 1.29 is 4.79 Å². The van der Waals surface area contributed by atoms with Gasteiger partial charge in [-0.25, -0.2) is 4.68 Å². The van der Waals surface area contributed by atoms with Gasteiger partial charge in [-0.15, -0.1) is 5.10 Å². The Kier molecular flexibility index (Phi) is 3.68. The number of pyridine rings is 1. The van der Waals surface area contributed by atoms with Gasteiger partial charge in [-0.2, -0.15) is 0 Å². The highest BCUT2D eigenvalue weighted by Gasteiger charge is 2.20. The Balaban J connectivity index is 1.50. The van der Waals surface area contributed by atoms with Crippen LogP contribution in [0.2, 0.25) is 0 Å². The molecule has 7 heteroatoms. The fourth-order valence-corrected chi connectivity index (χ4v) is 3.14. The highest BCUT2D eigenvalue weighted by Crippen LogP contribution is 2.18. The van der Waals surface area contributed by atoms with E-state index in [1.165, 1.54) is 0 Å². The highest BCUT2D eigenvalue weighted by atomic mass is 16.1. The molecule has 1 aliphatic rings. The summed E-state index contributed by atoms with van der Waals surface area (Å²) in [5, 5.41) is 15.8. The van der Waals surface area contributed by atoms with Crippen LogP contribution in [0, 0.1) is 6.92 Å². The molecule has 0 bridgehead atoms. The average Bonchev–Trinajstić information content (AvgIpc) is 2.96. The molecular weight excluding hydrogens is 304 g/mol. The van der Waals surface area contributed by atoms with E-state index in [2.05, 4.69) is 25.8 Å². The lowest BCUT2D eigenvalue weighted by Gasteiger charge is -2.16. The van der Waals surface area contributed by atoms with Crippen LogP contribution in [0.25, 0.3) is 10.9 Å². The molecule has 1 aliphatic heterocycles. The molecule has 122 valence electrons. The maximum Gasteiger partial charge on any atom is 0.251 e. The van der Waals surface area contributed by atoms with Crippen LogP contribution in [0.15, 0.2) is 30.5 Å². The molecule has 0 fully saturated rings. The molecule has 7 nitrogen and oxygen atoms in total. The van der Waals surface area contributed by atoms with Crippen molar-refractivity contribution in [3.63, 3.8) is 0 Å². The second-order valence-electron chi connectivity index (χ2n) is 6.18. The van der Waals surface area contributed by atoms with Gasteiger partial charge >= 0.3 is 0 Å². The summed E-state index contributed by atoms with van der Waals surface area (Å²) in [6.45, 7) is 2.76. The van der Waals surface area contributed by atoms with E-state index in [0.717, 1.165) is 48.1 Å². The molecule has 1 N–H and O–H groups in total. The third-order valence-corrected chi connectivity index (χ3v) is 4.57. The van der Waals surface area contributed by atoms with E-state index in [-0.39, 0.29) is 11.9 Å². The summed E-state index contributed by atoms with van der Waals surface area (Å²) in [4.78, 5) is 16.9. The predicted molar refractivity (Wildman–Crippen MR) is 88.5 cm³/mol. The van der Waals surface area contributed by atoms with Crippen molar-refractivity contribution in [2.24, 2.45) is 0 Å². The first-order chi connectivity index (χ1) is 11.7. The molecule has 0 spiro atoms. The van der Waals surface area contributed by atoms with E-state index >= 15 is 0 Å². The van der Waals surface area contributed by atoms with Gasteiger partial charge in [-0.1, -0.05) is 0 Å². The topological polar surface area (TPSA) is 85.6 Å². The third kappa shape index (κ3) is 2.73. The number of tetrazole rings is 1. The van der Waals surface area contributed by atoms with Crippen molar-refractivity contribution >= 4 is 16.8 Å². The standard InChI is InChI=1S/C17H18N6O/c1-11-6-8-18-15-4-2-12(10-14(11)15)17(24)19-13-3-5-16-20-21-22-23(16)9-7-13/h2,4,6,8,10,13H,3,5,7,9H2,1H3,(H,19,24)/t13-/m0/s1. The van der Waals surface area contributed by atoms with Crippen LogP contribution in [0.3, 0.4) is 0 Å². The second kappa shape index (κ2) is 5.99. The van der Waals surface area contributed by atoms with E-state index in [1.54, 1.807) is 6.20 Å². The minimum Gasteiger partial charge on any atom is -0.349 e. The quantitative estimate of drug-likeness (QED) is 0.775. The molecule has 0 saturated heterocycles. The van der Waals surface area contributed by atoms with Crippen LogP contribution >= 0.6 is 0 Å². The average molecular weight is 322 g/mol. The smallest absolute Gasteiger partial charge is 0.251 e. The van der Waals surface area contributed by atoms with Gasteiger partial charge in [0, 0.05) is 36.2 Å². The van der Waals surface area contributed by atoms with Gasteiger partial charge in [0.05, 0.1) is 5.52 Å². The van der Waals surface area contributed by atoms with Gasteiger partial charge < -0.3 is 5.32 Å². The highest BCUT2D eigenvalue weighted by molar-refractivity contribution is 5.98. The number of nitrogens with zero attached hydrogens (tertiary/aromatic N) is 5. The number of carbonyl (C=O) groups excluding carboxylic acids is 1. The van der Waals surface area contributed by atoms with Crippen LogP contribution in [0.1, 0.15) is 34.6 Å². The van der Waals surface area contributed by atoms with Crippen molar-refractivity contribution in [3.05, 3.63) is 47.4 Å². The number of nitrogens with one attached hydrogen (secondary N) is 1. The van der Waals surface area contributed by atoms with Crippen molar-refractivity contribution in [3.8, 4) is 0 Å². The molecule has 0 aliphatic carbocycles. The maximum atomic E-state index is 12.6. The zero-order valence-corrected chi connectivity index (χ0v) is 13.4. The normalized spacial score (nSPS) is 17.3. The summed E-state index contributed by atoms with van der Waals surface area (Å²) in [5.41, 5.74) is 2.69. The largest absolute Gasteiger partial charge is 0.349 e. The lowest BCUT2D eigenvalue weighted by Crippen LogP contribution is -2.35. The Morgan fingerprint density at radius 2 is 2.21 bits per heavy atom. The van der Waals surface area contributed by atoms with Crippen molar-refractivity contribution in [2.45, 2.75) is 38.8 Å². The van der Waals surface area contributed by atoms with E-state index in [0.29, 0.717) is 5.56 Å². The van der Waals surface area contributed by atoms with E-state index in [4.69, 9.17) is 0 Å². The molecule has 24 heavy (non-hydrogen) atoms. The number of fused-ring (bicyclic) bond motifs is 2. The number of hydrogen-bond donors (Lipinski definition) is 1. The molecule has 0 saturated carbocycles. The van der Waals surface area contributed by atoms with Gasteiger partial charge in [0.2, 0.25) is 0 Å². The Hall–Kier alpha value is -2.83. The molecule has 0 unspecified atom stereocenters. The molecule has 1 aromatic carbocycles. The van der Waals surface area contributed by atoms with Crippen LogP contribution in [-0.2, 0) is 13.0 Å². The SMILES string of the molecule is Cc1ccnc2ccc(C(=O)N[C@H]3CCc4nnnn4CC3)cc12. The Morgan fingerprint density at radius 1 is 1.29 bits per heavy atom. The molecule has 2 aromatic heterocycles. The van der Waals surface area contributed by atoms with Gasteiger partial charge in [0.1, 0.15) is 0 Å². The fraction of sp³-hybridized carbons (Fsp3) is 0.353. The number of hydrogen-bond acceptors (Lipinski definition) is 5. The molecule has 4 rings (SSSR count). The van der Waals surface area contributed by atoms with Gasteiger partial charge in [-0.05, 0) is 60.0 Å². The number of carbonyl (C=O) groups is 1. The van der Waals surface area contributed by atoms with Crippen molar-refractivity contribution in [2.75, 3.05) is 0 Å². The van der Waals surface area contributed by atoms with E-state index in [9.17, 15) is 4.79 Å². The summed E-state index contributed by atoms with van der Waals surface area (Å²) in [5.74, 6) is 0.843.